The number of hydrogen-bond acceptors (Lipinski definition) is 4. The van der Waals surface area contributed by atoms with Crippen LogP contribution in [0.2, 0.25) is 5.02 Å². The van der Waals surface area contributed by atoms with Crippen molar-refractivity contribution in [2.24, 2.45) is 0 Å². The van der Waals surface area contributed by atoms with Gasteiger partial charge in [-0.3, -0.25) is 10.1 Å². The topological polar surface area (TPSA) is 54.0 Å². The Kier molecular flexibility index (Phi) is 5.43. The molecule has 2 aromatic carbocycles. The molecule has 0 spiro atoms. The summed E-state index contributed by atoms with van der Waals surface area (Å²) in [5.74, 6) is -0.257. The van der Waals surface area contributed by atoms with Gasteiger partial charge in [-0.15, -0.1) is 11.3 Å². The zero-order valence-electron chi connectivity index (χ0n) is 13.2. The molecule has 1 amide bonds. The summed E-state index contributed by atoms with van der Waals surface area (Å²) in [4.78, 5) is 16.6. The van der Waals surface area contributed by atoms with Crippen LogP contribution in [0.3, 0.4) is 0 Å². The van der Waals surface area contributed by atoms with E-state index in [-0.39, 0.29) is 11.0 Å². The van der Waals surface area contributed by atoms with E-state index in [9.17, 15) is 4.79 Å². The number of nitrogens with zero attached hydrogens (tertiary/aromatic N) is 1. The molecule has 25 heavy (non-hydrogen) atoms. The fraction of sp³-hybridized carbons (Fsp3) is 0.0556. The lowest BCUT2D eigenvalue weighted by Crippen LogP contribution is -2.34. The van der Waals surface area contributed by atoms with Crippen molar-refractivity contribution in [1.29, 1.82) is 0 Å². The zero-order valence-corrected chi connectivity index (χ0v) is 15.6. The highest BCUT2D eigenvalue weighted by Gasteiger charge is 2.10. The van der Waals surface area contributed by atoms with Gasteiger partial charge in [-0.25, -0.2) is 4.98 Å². The number of carbonyl (C=O) groups is 1. The lowest BCUT2D eigenvalue weighted by atomic mass is 10.1. The third-order valence-electron chi connectivity index (χ3n) is 3.41. The molecule has 1 aromatic heterocycles. The van der Waals surface area contributed by atoms with E-state index < -0.39 is 0 Å². The van der Waals surface area contributed by atoms with Crippen molar-refractivity contribution in [3.8, 4) is 11.3 Å². The number of rotatable bonds is 3. The minimum absolute atomic E-state index is 0.211. The van der Waals surface area contributed by atoms with Crippen LogP contribution in [0.15, 0.2) is 53.9 Å². The number of thiazole rings is 1. The van der Waals surface area contributed by atoms with E-state index in [2.05, 4.69) is 15.6 Å². The molecule has 0 aliphatic heterocycles. The number of carbonyl (C=O) groups excluding carboxylic acids is 1. The second-order valence-electron chi connectivity index (χ2n) is 5.32. The van der Waals surface area contributed by atoms with Crippen LogP contribution in [-0.2, 0) is 0 Å². The van der Waals surface area contributed by atoms with Crippen molar-refractivity contribution in [2.45, 2.75) is 6.92 Å². The standard InChI is InChI=1S/C18H14ClN3OS2/c1-11-2-4-13(5-3-11)16(23)21-17(24)22-18-20-15(10-25-18)12-6-8-14(19)9-7-12/h2-10H,1H3,(H2,20,21,22,23,24). The molecule has 126 valence electrons. The largest absolute Gasteiger partial charge is 0.308 e. The lowest BCUT2D eigenvalue weighted by Gasteiger charge is -2.07. The first-order chi connectivity index (χ1) is 12.0. The van der Waals surface area contributed by atoms with E-state index in [1.165, 1.54) is 11.3 Å². The molecule has 4 nitrogen and oxygen atoms in total. The molecule has 0 saturated heterocycles. The Morgan fingerprint density at radius 1 is 1.12 bits per heavy atom. The minimum Gasteiger partial charge on any atom is -0.308 e. The highest BCUT2D eigenvalue weighted by molar-refractivity contribution is 7.80. The Bertz CT molecular complexity index is 905. The van der Waals surface area contributed by atoms with Gasteiger partial charge >= 0.3 is 0 Å². The molecule has 1 heterocycles. The third kappa shape index (κ3) is 4.63. The Labute approximate surface area is 159 Å². The number of thiocarbonyl (C=S) groups is 1. The van der Waals surface area contributed by atoms with Gasteiger partial charge in [-0.2, -0.15) is 0 Å². The van der Waals surface area contributed by atoms with Gasteiger partial charge in [0, 0.05) is 21.5 Å². The second kappa shape index (κ2) is 7.74. The highest BCUT2D eigenvalue weighted by Crippen LogP contribution is 2.25. The van der Waals surface area contributed by atoms with E-state index in [1.54, 1.807) is 12.1 Å². The summed E-state index contributed by atoms with van der Waals surface area (Å²) < 4.78 is 0. The first-order valence-corrected chi connectivity index (χ1v) is 9.08. The van der Waals surface area contributed by atoms with Gasteiger partial charge in [0.1, 0.15) is 0 Å². The number of aromatic nitrogens is 1. The summed E-state index contributed by atoms with van der Waals surface area (Å²) in [6.07, 6.45) is 0. The molecule has 3 rings (SSSR count). The fourth-order valence-electron chi connectivity index (χ4n) is 2.09. The SMILES string of the molecule is Cc1ccc(C(=O)NC(=S)Nc2nc(-c3ccc(Cl)cc3)cs2)cc1. The van der Waals surface area contributed by atoms with Crippen molar-refractivity contribution in [3.63, 3.8) is 0 Å². The maximum atomic E-state index is 12.1. The average molecular weight is 388 g/mol. The molecule has 0 aliphatic rings. The Balaban J connectivity index is 1.62. The molecular formula is C18H14ClN3OS2. The maximum Gasteiger partial charge on any atom is 0.257 e. The highest BCUT2D eigenvalue weighted by atomic mass is 35.5. The summed E-state index contributed by atoms with van der Waals surface area (Å²) in [5, 5.41) is 9.00. The number of halogens is 1. The quantitative estimate of drug-likeness (QED) is 0.627. The molecule has 0 atom stereocenters. The molecule has 0 unspecified atom stereocenters. The normalized spacial score (nSPS) is 10.3. The van der Waals surface area contributed by atoms with Crippen molar-refractivity contribution < 1.29 is 4.79 Å². The van der Waals surface area contributed by atoms with Gasteiger partial charge in [0.2, 0.25) is 0 Å². The summed E-state index contributed by atoms with van der Waals surface area (Å²) in [6, 6.07) is 14.7. The van der Waals surface area contributed by atoms with E-state index in [0.717, 1.165) is 16.8 Å². The molecular weight excluding hydrogens is 374 g/mol. The number of amides is 1. The number of anilines is 1. The second-order valence-corrected chi connectivity index (χ2v) is 7.02. The number of hydrogen-bond donors (Lipinski definition) is 2. The van der Waals surface area contributed by atoms with Crippen LogP contribution in [-0.4, -0.2) is 16.0 Å². The summed E-state index contributed by atoms with van der Waals surface area (Å²) in [6.45, 7) is 1.97. The van der Waals surface area contributed by atoms with Gasteiger partial charge in [-0.05, 0) is 43.4 Å². The Morgan fingerprint density at radius 3 is 2.48 bits per heavy atom. The fourth-order valence-corrected chi connectivity index (χ4v) is 3.20. The first-order valence-electron chi connectivity index (χ1n) is 7.42. The smallest absolute Gasteiger partial charge is 0.257 e. The summed E-state index contributed by atoms with van der Waals surface area (Å²) in [7, 11) is 0. The molecule has 0 fully saturated rings. The monoisotopic (exact) mass is 387 g/mol. The molecule has 3 aromatic rings. The van der Waals surface area contributed by atoms with Gasteiger partial charge in [-0.1, -0.05) is 41.4 Å². The van der Waals surface area contributed by atoms with Crippen LogP contribution in [0.5, 0.6) is 0 Å². The van der Waals surface area contributed by atoms with Crippen LogP contribution in [0.1, 0.15) is 15.9 Å². The average Bonchev–Trinajstić information content (AvgIpc) is 3.04. The summed E-state index contributed by atoms with van der Waals surface area (Å²) >= 11 is 12.5. The van der Waals surface area contributed by atoms with Crippen LogP contribution >= 0.6 is 35.2 Å². The van der Waals surface area contributed by atoms with Crippen LogP contribution < -0.4 is 10.6 Å². The first kappa shape index (κ1) is 17.5. The molecule has 7 heteroatoms. The number of benzene rings is 2. The van der Waals surface area contributed by atoms with Crippen molar-refractivity contribution in [1.82, 2.24) is 10.3 Å². The van der Waals surface area contributed by atoms with Gasteiger partial charge in [0.15, 0.2) is 10.2 Å². The lowest BCUT2D eigenvalue weighted by molar-refractivity contribution is 0.0978. The zero-order chi connectivity index (χ0) is 17.8. The van der Waals surface area contributed by atoms with Crippen LogP contribution in [0.25, 0.3) is 11.3 Å². The molecule has 0 radical (unpaired) electrons. The van der Waals surface area contributed by atoms with Crippen molar-refractivity contribution in [2.75, 3.05) is 5.32 Å². The van der Waals surface area contributed by atoms with Crippen LogP contribution in [0, 0.1) is 6.92 Å². The van der Waals surface area contributed by atoms with E-state index in [1.807, 2.05) is 48.7 Å². The van der Waals surface area contributed by atoms with Crippen molar-refractivity contribution >= 4 is 51.3 Å². The third-order valence-corrected chi connectivity index (χ3v) is 4.62. The van der Waals surface area contributed by atoms with Crippen LogP contribution in [0.4, 0.5) is 5.13 Å². The molecule has 0 saturated carbocycles. The van der Waals surface area contributed by atoms with Gasteiger partial charge < -0.3 is 5.32 Å². The van der Waals surface area contributed by atoms with Gasteiger partial charge in [0.05, 0.1) is 5.69 Å². The van der Waals surface area contributed by atoms with E-state index >= 15 is 0 Å². The maximum absolute atomic E-state index is 12.1. The predicted octanol–water partition coefficient (Wildman–Crippen LogP) is 4.90. The Hall–Kier alpha value is -2.28. The van der Waals surface area contributed by atoms with Crippen molar-refractivity contribution in [3.05, 3.63) is 70.1 Å². The van der Waals surface area contributed by atoms with E-state index in [4.69, 9.17) is 23.8 Å². The summed E-state index contributed by atoms with van der Waals surface area (Å²) in [5.41, 5.74) is 3.42. The number of aryl methyl sites for hydroxylation is 1. The number of nitrogens with one attached hydrogen (secondary N) is 2. The molecule has 0 bridgehead atoms. The predicted molar refractivity (Wildman–Crippen MR) is 107 cm³/mol. The van der Waals surface area contributed by atoms with E-state index in [0.29, 0.717) is 15.7 Å². The Morgan fingerprint density at radius 2 is 1.80 bits per heavy atom. The minimum atomic E-state index is -0.257. The molecule has 2 N–H and O–H groups in total. The molecule has 0 aliphatic carbocycles. The van der Waals surface area contributed by atoms with Gasteiger partial charge in [0.25, 0.3) is 5.91 Å².